The molecule has 8 heteroatoms. The molecule has 0 aliphatic rings. The first-order valence-corrected chi connectivity index (χ1v) is 9.73. The topological polar surface area (TPSA) is 69.0 Å². The molecule has 0 aliphatic carbocycles. The highest BCUT2D eigenvalue weighted by Crippen LogP contribution is 2.25. The number of nitrogens with one attached hydrogen (secondary N) is 1. The number of thioether (sulfide) groups is 1. The first-order valence-electron chi connectivity index (χ1n) is 8.74. The van der Waals surface area contributed by atoms with Gasteiger partial charge < -0.3 is 10.1 Å². The zero-order chi connectivity index (χ0) is 19.9. The van der Waals surface area contributed by atoms with Gasteiger partial charge in [0.05, 0.1) is 18.9 Å². The van der Waals surface area contributed by atoms with Crippen molar-refractivity contribution in [1.29, 1.82) is 0 Å². The quantitative estimate of drug-likeness (QED) is 0.583. The van der Waals surface area contributed by atoms with E-state index in [0.29, 0.717) is 24.0 Å². The summed E-state index contributed by atoms with van der Waals surface area (Å²) in [5, 5.41) is 12.0. The number of aromatic nitrogens is 3. The van der Waals surface area contributed by atoms with Crippen LogP contribution in [0, 0.1) is 12.7 Å². The second kappa shape index (κ2) is 9.48. The van der Waals surface area contributed by atoms with Crippen LogP contribution < -0.4 is 5.32 Å². The van der Waals surface area contributed by atoms with Crippen LogP contribution in [0.1, 0.15) is 5.56 Å². The molecule has 146 valence electrons. The summed E-state index contributed by atoms with van der Waals surface area (Å²) in [4.78, 5) is 12.2. The fourth-order valence-corrected chi connectivity index (χ4v) is 3.40. The van der Waals surface area contributed by atoms with Crippen molar-refractivity contribution >= 4 is 23.4 Å². The predicted molar refractivity (Wildman–Crippen MR) is 108 cm³/mol. The van der Waals surface area contributed by atoms with E-state index in [2.05, 4.69) is 15.5 Å². The molecule has 3 rings (SSSR count). The standard InChI is InChI=1S/C20H21FN4O2S/c1-14-4-3-5-15(12-14)19-23-24-20(25(19)10-11-27-2)28-13-18(26)22-17-8-6-16(21)7-9-17/h3-9,12H,10-11,13H2,1-2H3,(H,22,26). The zero-order valence-corrected chi connectivity index (χ0v) is 16.5. The lowest BCUT2D eigenvalue weighted by atomic mass is 10.1. The van der Waals surface area contributed by atoms with Gasteiger partial charge in [0.15, 0.2) is 11.0 Å². The van der Waals surface area contributed by atoms with Crippen molar-refractivity contribution in [3.63, 3.8) is 0 Å². The van der Waals surface area contributed by atoms with Gasteiger partial charge in [-0.3, -0.25) is 9.36 Å². The Bertz CT molecular complexity index is 944. The van der Waals surface area contributed by atoms with Crippen molar-refractivity contribution in [2.45, 2.75) is 18.6 Å². The Balaban J connectivity index is 1.72. The number of rotatable bonds is 8. The first-order chi connectivity index (χ1) is 13.6. The van der Waals surface area contributed by atoms with Gasteiger partial charge in [0, 0.05) is 18.4 Å². The van der Waals surface area contributed by atoms with Gasteiger partial charge in [-0.2, -0.15) is 0 Å². The average molecular weight is 400 g/mol. The van der Waals surface area contributed by atoms with Crippen molar-refractivity contribution in [3.8, 4) is 11.4 Å². The maximum absolute atomic E-state index is 13.0. The molecule has 1 N–H and O–H groups in total. The van der Waals surface area contributed by atoms with E-state index in [1.54, 1.807) is 7.11 Å². The first kappa shape index (κ1) is 20.0. The molecule has 0 unspecified atom stereocenters. The van der Waals surface area contributed by atoms with E-state index < -0.39 is 0 Å². The number of amides is 1. The minimum Gasteiger partial charge on any atom is -0.383 e. The molecule has 0 fully saturated rings. The van der Waals surface area contributed by atoms with Gasteiger partial charge in [-0.1, -0.05) is 35.5 Å². The van der Waals surface area contributed by atoms with Crippen LogP contribution in [0.4, 0.5) is 10.1 Å². The number of nitrogens with zero attached hydrogens (tertiary/aromatic N) is 3. The van der Waals surface area contributed by atoms with E-state index >= 15 is 0 Å². The molecule has 1 amide bonds. The molecule has 0 spiro atoms. The maximum Gasteiger partial charge on any atom is 0.234 e. The Labute approximate surface area is 167 Å². The molecule has 28 heavy (non-hydrogen) atoms. The number of benzene rings is 2. The van der Waals surface area contributed by atoms with Gasteiger partial charge in [0.2, 0.25) is 5.91 Å². The van der Waals surface area contributed by atoms with Gasteiger partial charge in [0.1, 0.15) is 5.82 Å². The van der Waals surface area contributed by atoms with Crippen LogP contribution in [-0.2, 0) is 16.1 Å². The summed E-state index contributed by atoms with van der Waals surface area (Å²) in [5.41, 5.74) is 2.64. The monoisotopic (exact) mass is 400 g/mol. The largest absolute Gasteiger partial charge is 0.383 e. The number of carbonyl (C=O) groups excluding carboxylic acids is 1. The predicted octanol–water partition coefficient (Wildman–Crippen LogP) is 3.77. The van der Waals surface area contributed by atoms with E-state index in [0.717, 1.165) is 17.0 Å². The second-order valence-electron chi connectivity index (χ2n) is 6.16. The third kappa shape index (κ3) is 5.17. The van der Waals surface area contributed by atoms with Crippen LogP contribution in [0.2, 0.25) is 0 Å². The summed E-state index contributed by atoms with van der Waals surface area (Å²) in [7, 11) is 1.64. The minimum absolute atomic E-state index is 0.163. The van der Waals surface area contributed by atoms with E-state index in [9.17, 15) is 9.18 Å². The highest BCUT2D eigenvalue weighted by molar-refractivity contribution is 7.99. The van der Waals surface area contributed by atoms with E-state index in [1.807, 2.05) is 35.8 Å². The van der Waals surface area contributed by atoms with Crippen LogP contribution in [0.15, 0.2) is 53.7 Å². The molecule has 6 nitrogen and oxygen atoms in total. The van der Waals surface area contributed by atoms with Gasteiger partial charge in [-0.05, 0) is 37.3 Å². The zero-order valence-electron chi connectivity index (χ0n) is 15.7. The molecule has 1 aromatic heterocycles. The van der Waals surface area contributed by atoms with Gasteiger partial charge in [0.25, 0.3) is 0 Å². The van der Waals surface area contributed by atoms with Gasteiger partial charge >= 0.3 is 0 Å². The summed E-state index contributed by atoms with van der Waals surface area (Å²) >= 11 is 1.30. The Morgan fingerprint density at radius 2 is 2.00 bits per heavy atom. The fraction of sp³-hybridized carbons (Fsp3) is 0.250. The third-order valence-corrected chi connectivity index (χ3v) is 4.94. The van der Waals surface area contributed by atoms with Crippen LogP contribution in [0.5, 0.6) is 0 Å². The number of ether oxygens (including phenoxy) is 1. The van der Waals surface area contributed by atoms with Gasteiger partial charge in [-0.25, -0.2) is 4.39 Å². The van der Waals surface area contributed by atoms with Crippen molar-refractivity contribution in [3.05, 3.63) is 59.9 Å². The number of halogens is 1. The number of aryl methyl sites for hydroxylation is 1. The number of hydrogen-bond acceptors (Lipinski definition) is 5. The Kier molecular flexibility index (Phi) is 6.78. The molecule has 0 aliphatic heterocycles. The SMILES string of the molecule is COCCn1c(SCC(=O)Nc2ccc(F)cc2)nnc1-c1cccc(C)c1. The highest BCUT2D eigenvalue weighted by Gasteiger charge is 2.16. The summed E-state index contributed by atoms with van der Waals surface area (Å²) in [6, 6.07) is 13.7. The second-order valence-corrected chi connectivity index (χ2v) is 7.11. The summed E-state index contributed by atoms with van der Waals surface area (Å²) in [6.07, 6.45) is 0. The smallest absolute Gasteiger partial charge is 0.234 e. The van der Waals surface area contributed by atoms with Gasteiger partial charge in [-0.15, -0.1) is 10.2 Å². The molecular weight excluding hydrogens is 379 g/mol. The molecule has 0 atom stereocenters. The summed E-state index contributed by atoms with van der Waals surface area (Å²) in [5.74, 6) is 0.357. The number of carbonyl (C=O) groups is 1. The average Bonchev–Trinajstić information content (AvgIpc) is 3.09. The molecule has 0 saturated carbocycles. The summed E-state index contributed by atoms with van der Waals surface area (Å²) < 4.78 is 20.1. The van der Waals surface area contributed by atoms with Crippen molar-refractivity contribution in [2.75, 3.05) is 24.8 Å². The Morgan fingerprint density at radius 1 is 1.21 bits per heavy atom. The summed E-state index contributed by atoms with van der Waals surface area (Å²) in [6.45, 7) is 3.11. The molecule has 1 heterocycles. The van der Waals surface area contributed by atoms with E-state index in [4.69, 9.17) is 4.74 Å². The lowest BCUT2D eigenvalue weighted by molar-refractivity contribution is -0.113. The maximum atomic E-state index is 13.0. The molecular formula is C20H21FN4O2S. The molecule has 0 radical (unpaired) electrons. The number of methoxy groups -OCH3 is 1. The lowest BCUT2D eigenvalue weighted by Crippen LogP contribution is -2.15. The molecule has 0 saturated heterocycles. The van der Waals surface area contributed by atoms with Crippen LogP contribution in [0.3, 0.4) is 0 Å². The van der Waals surface area contributed by atoms with Crippen molar-refractivity contribution < 1.29 is 13.9 Å². The normalized spacial score (nSPS) is 10.8. The highest BCUT2D eigenvalue weighted by atomic mass is 32.2. The van der Waals surface area contributed by atoms with E-state index in [1.165, 1.54) is 36.0 Å². The molecule has 3 aromatic rings. The van der Waals surface area contributed by atoms with Crippen molar-refractivity contribution in [2.24, 2.45) is 0 Å². The molecule has 2 aromatic carbocycles. The Hall–Kier alpha value is -2.71. The minimum atomic E-state index is -0.345. The van der Waals surface area contributed by atoms with E-state index in [-0.39, 0.29) is 17.5 Å². The fourth-order valence-electron chi connectivity index (χ4n) is 2.64. The third-order valence-electron chi connectivity index (χ3n) is 3.97. The molecule has 0 bridgehead atoms. The van der Waals surface area contributed by atoms with Crippen LogP contribution in [-0.4, -0.2) is 40.1 Å². The Morgan fingerprint density at radius 3 is 2.71 bits per heavy atom. The van der Waals surface area contributed by atoms with Crippen molar-refractivity contribution in [1.82, 2.24) is 14.8 Å². The number of anilines is 1. The van der Waals surface area contributed by atoms with Crippen LogP contribution >= 0.6 is 11.8 Å². The van der Waals surface area contributed by atoms with Crippen LogP contribution in [0.25, 0.3) is 11.4 Å². The lowest BCUT2D eigenvalue weighted by Gasteiger charge is -2.10. The number of hydrogen-bond donors (Lipinski definition) is 1.